The summed E-state index contributed by atoms with van der Waals surface area (Å²) >= 11 is 0. The Morgan fingerprint density at radius 1 is 1.33 bits per heavy atom. The summed E-state index contributed by atoms with van der Waals surface area (Å²) in [5.74, 6) is 4.87. The molecule has 0 aliphatic heterocycles. The maximum Gasteiger partial charge on any atom is 0.252 e. The van der Waals surface area contributed by atoms with E-state index in [9.17, 15) is 9.18 Å². The number of benzene rings is 1. The molecule has 1 saturated carbocycles. The number of hydrogen-bond donors (Lipinski definition) is 2. The number of hydrogen-bond acceptors (Lipinski definition) is 2. The fourth-order valence-electron chi connectivity index (χ4n) is 2.54. The van der Waals surface area contributed by atoms with Gasteiger partial charge in [0.25, 0.3) is 5.91 Å². The Labute approximate surface area is 124 Å². The first-order valence-electron chi connectivity index (χ1n) is 7.41. The molecule has 21 heavy (non-hydrogen) atoms. The zero-order valence-corrected chi connectivity index (χ0v) is 12.0. The van der Waals surface area contributed by atoms with Gasteiger partial charge in [-0.1, -0.05) is 31.1 Å². The number of rotatable bonds is 3. The Balaban J connectivity index is 2.14. The standard InChI is InChI=1S/C17H20FNO2/c18-14-10-9-13(6-4-5-11-20)16(12-14)17(21)19-15-7-2-1-3-8-15/h9-10,12,15,20H,1-3,5,7-8,11H2,(H,19,21). The van der Waals surface area contributed by atoms with Crippen LogP contribution >= 0.6 is 0 Å². The quantitative estimate of drug-likeness (QED) is 0.840. The van der Waals surface area contributed by atoms with Crippen LogP contribution in [0.4, 0.5) is 4.39 Å². The maximum atomic E-state index is 13.4. The Hall–Kier alpha value is -1.86. The number of carbonyl (C=O) groups is 1. The van der Waals surface area contributed by atoms with Gasteiger partial charge in [0.2, 0.25) is 0 Å². The van der Waals surface area contributed by atoms with Gasteiger partial charge in [0, 0.05) is 18.0 Å². The third-order valence-electron chi connectivity index (χ3n) is 3.63. The lowest BCUT2D eigenvalue weighted by atomic mass is 9.95. The van der Waals surface area contributed by atoms with Gasteiger partial charge in [-0.25, -0.2) is 4.39 Å². The molecule has 2 N–H and O–H groups in total. The van der Waals surface area contributed by atoms with E-state index >= 15 is 0 Å². The molecule has 1 fully saturated rings. The zero-order chi connectivity index (χ0) is 15.1. The minimum absolute atomic E-state index is 0.0300. The molecule has 3 nitrogen and oxygen atoms in total. The van der Waals surface area contributed by atoms with Crippen molar-refractivity contribution >= 4 is 5.91 Å². The minimum atomic E-state index is -0.448. The van der Waals surface area contributed by atoms with Crippen molar-refractivity contribution in [2.45, 2.75) is 44.6 Å². The fraction of sp³-hybridized carbons (Fsp3) is 0.471. The minimum Gasteiger partial charge on any atom is -0.395 e. The monoisotopic (exact) mass is 289 g/mol. The molecule has 0 heterocycles. The van der Waals surface area contributed by atoms with E-state index < -0.39 is 5.82 Å². The highest BCUT2D eigenvalue weighted by Crippen LogP contribution is 2.18. The van der Waals surface area contributed by atoms with E-state index in [0.29, 0.717) is 12.0 Å². The maximum absolute atomic E-state index is 13.4. The molecular formula is C17H20FNO2. The van der Waals surface area contributed by atoms with Gasteiger partial charge < -0.3 is 10.4 Å². The molecular weight excluding hydrogens is 269 g/mol. The Kier molecular flexibility index (Phi) is 5.77. The van der Waals surface area contributed by atoms with Crippen LogP contribution in [0, 0.1) is 17.7 Å². The summed E-state index contributed by atoms with van der Waals surface area (Å²) in [5.41, 5.74) is 0.768. The number of aliphatic hydroxyl groups is 1. The van der Waals surface area contributed by atoms with E-state index in [-0.39, 0.29) is 24.1 Å². The molecule has 0 spiro atoms. The third-order valence-corrected chi connectivity index (χ3v) is 3.63. The molecule has 1 amide bonds. The molecule has 0 bridgehead atoms. The van der Waals surface area contributed by atoms with E-state index in [2.05, 4.69) is 17.2 Å². The number of carbonyl (C=O) groups excluding carboxylic acids is 1. The van der Waals surface area contributed by atoms with Crippen molar-refractivity contribution < 1.29 is 14.3 Å². The van der Waals surface area contributed by atoms with Gasteiger partial charge >= 0.3 is 0 Å². The molecule has 1 aromatic carbocycles. The van der Waals surface area contributed by atoms with E-state index in [4.69, 9.17) is 5.11 Å². The number of aliphatic hydroxyl groups excluding tert-OH is 1. The van der Waals surface area contributed by atoms with Gasteiger partial charge in [0.05, 0.1) is 12.2 Å². The summed E-state index contributed by atoms with van der Waals surface area (Å²) in [6, 6.07) is 4.20. The third kappa shape index (κ3) is 4.57. The van der Waals surface area contributed by atoms with E-state index in [1.54, 1.807) is 0 Å². The molecule has 1 aliphatic rings. The van der Waals surface area contributed by atoms with Crippen LogP contribution in [0.2, 0.25) is 0 Å². The summed E-state index contributed by atoms with van der Waals surface area (Å²) in [5, 5.41) is 11.7. The van der Waals surface area contributed by atoms with Gasteiger partial charge in [0.1, 0.15) is 5.82 Å². The van der Waals surface area contributed by atoms with Crippen molar-refractivity contribution in [3.05, 3.63) is 35.1 Å². The molecule has 0 saturated heterocycles. The van der Waals surface area contributed by atoms with Crippen molar-refractivity contribution in [2.24, 2.45) is 0 Å². The normalized spacial score (nSPS) is 15.1. The van der Waals surface area contributed by atoms with Crippen LogP contribution in [0.3, 0.4) is 0 Å². The first-order chi connectivity index (χ1) is 10.2. The van der Waals surface area contributed by atoms with Gasteiger partial charge in [0.15, 0.2) is 0 Å². The second-order valence-electron chi connectivity index (χ2n) is 5.27. The Bertz CT molecular complexity index is 554. The van der Waals surface area contributed by atoms with Crippen LogP contribution in [-0.4, -0.2) is 23.7 Å². The van der Waals surface area contributed by atoms with Crippen LogP contribution in [0.1, 0.15) is 54.4 Å². The molecule has 0 unspecified atom stereocenters. The average molecular weight is 289 g/mol. The van der Waals surface area contributed by atoms with Crippen LogP contribution in [0.5, 0.6) is 0 Å². The van der Waals surface area contributed by atoms with Crippen LogP contribution < -0.4 is 5.32 Å². The second-order valence-corrected chi connectivity index (χ2v) is 5.27. The summed E-state index contributed by atoms with van der Waals surface area (Å²) in [6.07, 6.45) is 5.75. The van der Waals surface area contributed by atoms with Crippen LogP contribution in [-0.2, 0) is 0 Å². The molecule has 2 rings (SSSR count). The highest BCUT2D eigenvalue weighted by atomic mass is 19.1. The largest absolute Gasteiger partial charge is 0.395 e. The highest BCUT2D eigenvalue weighted by molar-refractivity contribution is 5.97. The summed E-state index contributed by atoms with van der Waals surface area (Å²) in [7, 11) is 0. The lowest BCUT2D eigenvalue weighted by molar-refractivity contribution is 0.0927. The molecule has 1 aliphatic carbocycles. The lowest BCUT2D eigenvalue weighted by Gasteiger charge is -2.23. The van der Waals surface area contributed by atoms with E-state index in [0.717, 1.165) is 25.7 Å². The second kappa shape index (κ2) is 7.80. The average Bonchev–Trinajstić information content (AvgIpc) is 2.50. The van der Waals surface area contributed by atoms with E-state index in [1.165, 1.54) is 24.6 Å². The molecule has 0 radical (unpaired) electrons. The predicted molar refractivity (Wildman–Crippen MR) is 79.3 cm³/mol. The van der Waals surface area contributed by atoms with Crippen molar-refractivity contribution in [3.63, 3.8) is 0 Å². The predicted octanol–water partition coefficient (Wildman–Crippen LogP) is 2.62. The van der Waals surface area contributed by atoms with Crippen molar-refractivity contribution in [3.8, 4) is 11.8 Å². The van der Waals surface area contributed by atoms with E-state index in [1.807, 2.05) is 0 Å². The number of amides is 1. The Morgan fingerprint density at radius 2 is 2.10 bits per heavy atom. The molecule has 1 aromatic rings. The van der Waals surface area contributed by atoms with Gasteiger partial charge in [-0.2, -0.15) is 0 Å². The van der Waals surface area contributed by atoms with Gasteiger partial charge in [-0.15, -0.1) is 0 Å². The highest BCUT2D eigenvalue weighted by Gasteiger charge is 2.18. The smallest absolute Gasteiger partial charge is 0.252 e. The SMILES string of the molecule is O=C(NC1CCCCC1)c1cc(F)ccc1C#CCCO. The summed E-state index contributed by atoms with van der Waals surface area (Å²) in [6.45, 7) is -0.0300. The summed E-state index contributed by atoms with van der Waals surface area (Å²) in [4.78, 5) is 12.3. The van der Waals surface area contributed by atoms with Crippen molar-refractivity contribution in [1.29, 1.82) is 0 Å². The zero-order valence-electron chi connectivity index (χ0n) is 12.0. The number of nitrogens with one attached hydrogen (secondary N) is 1. The van der Waals surface area contributed by atoms with Gasteiger partial charge in [-0.3, -0.25) is 4.79 Å². The van der Waals surface area contributed by atoms with Crippen LogP contribution in [0.25, 0.3) is 0 Å². The van der Waals surface area contributed by atoms with Crippen molar-refractivity contribution in [1.82, 2.24) is 5.32 Å². The first-order valence-corrected chi connectivity index (χ1v) is 7.41. The summed E-state index contributed by atoms with van der Waals surface area (Å²) < 4.78 is 13.4. The van der Waals surface area contributed by atoms with Crippen LogP contribution in [0.15, 0.2) is 18.2 Å². The van der Waals surface area contributed by atoms with Crippen molar-refractivity contribution in [2.75, 3.05) is 6.61 Å². The topological polar surface area (TPSA) is 49.3 Å². The Morgan fingerprint density at radius 3 is 2.81 bits per heavy atom. The molecule has 0 atom stereocenters. The first kappa shape index (κ1) is 15.5. The molecule has 112 valence electrons. The lowest BCUT2D eigenvalue weighted by Crippen LogP contribution is -2.36. The number of halogens is 1. The van der Waals surface area contributed by atoms with Gasteiger partial charge in [-0.05, 0) is 31.0 Å². The fourth-order valence-corrected chi connectivity index (χ4v) is 2.54. The molecule has 0 aromatic heterocycles. The molecule has 4 heteroatoms.